The Morgan fingerprint density at radius 2 is 2.18 bits per heavy atom. The number of hydrogen-bond donors (Lipinski definition) is 2. The Bertz CT molecular complexity index is 422. The van der Waals surface area contributed by atoms with E-state index in [1.165, 1.54) is 7.11 Å². The summed E-state index contributed by atoms with van der Waals surface area (Å²) in [5.74, 6) is -2.30. The Labute approximate surface area is 97.8 Å². The lowest BCUT2D eigenvalue weighted by Gasteiger charge is -2.12. The van der Waals surface area contributed by atoms with E-state index in [4.69, 9.17) is 10.5 Å². The lowest BCUT2D eigenvalue weighted by molar-refractivity contribution is -0.116. The molecule has 94 valence electrons. The molecule has 1 aromatic rings. The predicted octanol–water partition coefficient (Wildman–Crippen LogP) is 1.65. The van der Waals surface area contributed by atoms with Crippen LogP contribution < -0.4 is 15.8 Å². The average Bonchev–Trinajstić information content (AvgIpc) is 2.15. The van der Waals surface area contributed by atoms with Crippen molar-refractivity contribution in [2.45, 2.75) is 19.4 Å². The number of methoxy groups -OCH3 is 1. The first-order chi connectivity index (χ1) is 7.93. The molecule has 17 heavy (non-hydrogen) atoms. The van der Waals surface area contributed by atoms with Gasteiger partial charge in [-0.2, -0.15) is 0 Å². The van der Waals surface area contributed by atoms with Crippen molar-refractivity contribution in [3.8, 4) is 5.75 Å². The van der Waals surface area contributed by atoms with Crippen molar-refractivity contribution in [2.24, 2.45) is 5.73 Å². The first-order valence-corrected chi connectivity index (χ1v) is 5.02. The molecule has 0 radical (unpaired) electrons. The van der Waals surface area contributed by atoms with Crippen molar-refractivity contribution in [3.05, 3.63) is 23.8 Å². The van der Waals surface area contributed by atoms with E-state index in [0.717, 1.165) is 6.07 Å². The molecule has 1 aromatic carbocycles. The molecule has 4 nitrogen and oxygen atoms in total. The summed E-state index contributed by atoms with van der Waals surface area (Å²) in [6.45, 7) is 1.66. The Balaban J connectivity index is 2.93. The molecule has 1 unspecified atom stereocenters. The highest BCUT2D eigenvalue weighted by Crippen LogP contribution is 2.28. The number of carbonyl (C=O) groups excluding carboxylic acids is 1. The summed E-state index contributed by atoms with van der Waals surface area (Å²) in [6.07, 6.45) is 0.0568. The summed E-state index contributed by atoms with van der Waals surface area (Å²) in [6, 6.07) is 1.33. The minimum Gasteiger partial charge on any atom is -0.492 e. The number of benzene rings is 1. The fourth-order valence-electron chi connectivity index (χ4n) is 1.35. The molecule has 0 bridgehead atoms. The van der Waals surface area contributed by atoms with Crippen molar-refractivity contribution < 1.29 is 18.3 Å². The molecule has 1 atom stereocenters. The first-order valence-electron chi connectivity index (χ1n) is 5.02. The van der Waals surface area contributed by atoms with E-state index in [1.807, 2.05) is 0 Å². The molecular weight excluding hydrogens is 230 g/mol. The molecule has 0 fully saturated rings. The molecule has 0 heterocycles. The third-order valence-electron chi connectivity index (χ3n) is 1.99. The van der Waals surface area contributed by atoms with Gasteiger partial charge >= 0.3 is 0 Å². The van der Waals surface area contributed by atoms with Crippen LogP contribution in [0.4, 0.5) is 14.5 Å². The maximum atomic E-state index is 13.3. The van der Waals surface area contributed by atoms with Crippen LogP contribution in [0.25, 0.3) is 0 Å². The normalized spacial score (nSPS) is 12.1. The van der Waals surface area contributed by atoms with Crippen molar-refractivity contribution in [3.63, 3.8) is 0 Å². The van der Waals surface area contributed by atoms with Gasteiger partial charge in [-0.15, -0.1) is 0 Å². The minimum atomic E-state index is -0.872. The van der Waals surface area contributed by atoms with Gasteiger partial charge in [0.05, 0.1) is 12.8 Å². The van der Waals surface area contributed by atoms with Crippen molar-refractivity contribution in [1.82, 2.24) is 0 Å². The van der Waals surface area contributed by atoms with Crippen LogP contribution in [0.1, 0.15) is 13.3 Å². The zero-order valence-corrected chi connectivity index (χ0v) is 9.59. The molecule has 1 rings (SSSR count). The van der Waals surface area contributed by atoms with Gasteiger partial charge in [-0.05, 0) is 6.92 Å². The maximum absolute atomic E-state index is 13.3. The van der Waals surface area contributed by atoms with Gasteiger partial charge in [0.15, 0.2) is 11.6 Å². The predicted molar refractivity (Wildman–Crippen MR) is 59.8 cm³/mol. The van der Waals surface area contributed by atoms with Gasteiger partial charge in [0.1, 0.15) is 5.82 Å². The second kappa shape index (κ2) is 5.58. The number of hydrogen-bond acceptors (Lipinski definition) is 3. The van der Waals surface area contributed by atoms with Crippen LogP contribution in [0.5, 0.6) is 5.75 Å². The summed E-state index contributed by atoms with van der Waals surface area (Å²) in [4.78, 5) is 11.4. The molecule has 0 aliphatic carbocycles. The van der Waals surface area contributed by atoms with Gasteiger partial charge in [0.2, 0.25) is 5.91 Å². The number of rotatable bonds is 4. The number of nitrogens with one attached hydrogen (secondary N) is 1. The first kappa shape index (κ1) is 13.4. The standard InChI is InChI=1S/C11H14F2N2O2/c1-6(14)3-10(16)15-9-5-7(12)4-8(13)11(9)17-2/h4-6H,3,14H2,1-2H3,(H,15,16). The molecule has 0 saturated carbocycles. The largest absolute Gasteiger partial charge is 0.492 e. The lowest BCUT2D eigenvalue weighted by Crippen LogP contribution is -2.24. The number of carbonyl (C=O) groups is 1. The van der Waals surface area contributed by atoms with E-state index in [-0.39, 0.29) is 23.9 Å². The topological polar surface area (TPSA) is 64.3 Å². The molecule has 3 N–H and O–H groups in total. The smallest absolute Gasteiger partial charge is 0.226 e. The van der Waals surface area contributed by atoms with Crippen LogP contribution in [0.15, 0.2) is 12.1 Å². The quantitative estimate of drug-likeness (QED) is 0.846. The van der Waals surface area contributed by atoms with Crippen LogP contribution in [0.2, 0.25) is 0 Å². The SMILES string of the molecule is COc1c(F)cc(F)cc1NC(=O)CC(C)N. The van der Waals surface area contributed by atoms with Crippen molar-refractivity contribution >= 4 is 11.6 Å². The third kappa shape index (κ3) is 3.67. The lowest BCUT2D eigenvalue weighted by atomic mass is 10.2. The van der Waals surface area contributed by atoms with Gasteiger partial charge in [-0.25, -0.2) is 8.78 Å². The summed E-state index contributed by atoms with van der Waals surface area (Å²) < 4.78 is 31.0. The van der Waals surface area contributed by atoms with E-state index >= 15 is 0 Å². The Morgan fingerprint density at radius 3 is 2.71 bits per heavy atom. The van der Waals surface area contributed by atoms with Gasteiger partial charge < -0.3 is 15.8 Å². The maximum Gasteiger partial charge on any atom is 0.226 e. The fourth-order valence-corrected chi connectivity index (χ4v) is 1.35. The zero-order valence-electron chi connectivity index (χ0n) is 9.59. The van der Waals surface area contributed by atoms with E-state index in [9.17, 15) is 13.6 Å². The van der Waals surface area contributed by atoms with Crippen LogP contribution >= 0.6 is 0 Å². The van der Waals surface area contributed by atoms with Gasteiger partial charge in [0, 0.05) is 24.6 Å². The minimum absolute atomic E-state index is 0.0457. The van der Waals surface area contributed by atoms with Crippen LogP contribution in [-0.2, 0) is 4.79 Å². The van der Waals surface area contributed by atoms with Gasteiger partial charge in [-0.1, -0.05) is 0 Å². The Kier molecular flexibility index (Phi) is 4.39. The summed E-state index contributed by atoms with van der Waals surface area (Å²) in [5, 5.41) is 2.35. The number of ether oxygens (including phenoxy) is 1. The molecule has 1 amide bonds. The Morgan fingerprint density at radius 1 is 1.53 bits per heavy atom. The van der Waals surface area contributed by atoms with E-state index < -0.39 is 17.5 Å². The molecule has 0 saturated heterocycles. The van der Waals surface area contributed by atoms with Crippen LogP contribution in [0.3, 0.4) is 0 Å². The van der Waals surface area contributed by atoms with Crippen LogP contribution in [-0.4, -0.2) is 19.1 Å². The summed E-state index contributed by atoms with van der Waals surface area (Å²) in [5.41, 5.74) is 5.39. The molecule has 0 aliphatic heterocycles. The molecule has 0 spiro atoms. The monoisotopic (exact) mass is 244 g/mol. The Hall–Kier alpha value is -1.69. The highest BCUT2D eigenvalue weighted by molar-refractivity contribution is 5.92. The second-order valence-electron chi connectivity index (χ2n) is 3.70. The molecule has 0 aliphatic rings. The molecular formula is C11H14F2N2O2. The van der Waals surface area contributed by atoms with Gasteiger partial charge in [0.25, 0.3) is 0 Å². The average molecular weight is 244 g/mol. The van der Waals surface area contributed by atoms with Crippen LogP contribution in [0, 0.1) is 11.6 Å². The number of nitrogens with two attached hydrogens (primary N) is 1. The highest BCUT2D eigenvalue weighted by atomic mass is 19.1. The van der Waals surface area contributed by atoms with Gasteiger partial charge in [-0.3, -0.25) is 4.79 Å². The fraction of sp³-hybridized carbons (Fsp3) is 0.364. The van der Waals surface area contributed by atoms with Crippen molar-refractivity contribution in [1.29, 1.82) is 0 Å². The third-order valence-corrected chi connectivity index (χ3v) is 1.99. The molecule has 0 aromatic heterocycles. The van der Waals surface area contributed by atoms with Crippen molar-refractivity contribution in [2.75, 3.05) is 12.4 Å². The van der Waals surface area contributed by atoms with E-state index in [0.29, 0.717) is 6.07 Å². The number of anilines is 1. The van der Waals surface area contributed by atoms with E-state index in [1.54, 1.807) is 6.92 Å². The number of halogens is 2. The highest BCUT2D eigenvalue weighted by Gasteiger charge is 2.14. The molecule has 6 heteroatoms. The summed E-state index contributed by atoms with van der Waals surface area (Å²) >= 11 is 0. The number of amides is 1. The second-order valence-corrected chi connectivity index (χ2v) is 3.70. The summed E-state index contributed by atoms with van der Waals surface area (Å²) in [7, 11) is 1.23. The van der Waals surface area contributed by atoms with E-state index in [2.05, 4.69) is 5.32 Å². The zero-order chi connectivity index (χ0) is 13.0.